The molecule has 8 heteroatoms. The highest BCUT2D eigenvalue weighted by molar-refractivity contribution is 6.42. The molecule has 0 saturated carbocycles. The molecule has 0 fully saturated rings. The molecule has 1 aromatic heterocycles. The quantitative estimate of drug-likeness (QED) is 0.502. The van der Waals surface area contributed by atoms with Gasteiger partial charge in [0.2, 0.25) is 5.43 Å². The maximum atomic E-state index is 14.0. The molecule has 0 unspecified atom stereocenters. The summed E-state index contributed by atoms with van der Waals surface area (Å²) < 4.78 is 15.7. The van der Waals surface area contributed by atoms with Crippen molar-refractivity contribution in [3.8, 4) is 22.4 Å². The number of nitrogens with zero attached hydrogens (tertiary/aromatic N) is 1. The number of halogens is 4. The molecule has 0 radical (unpaired) electrons. The van der Waals surface area contributed by atoms with Crippen LogP contribution in [0.2, 0.25) is 15.1 Å². The second-order valence-electron chi connectivity index (χ2n) is 6.32. The van der Waals surface area contributed by atoms with Gasteiger partial charge in [0.05, 0.1) is 20.8 Å². The van der Waals surface area contributed by atoms with E-state index in [4.69, 9.17) is 34.8 Å². The fraction of sp³-hybridized carbons (Fsp3) is 0.143. The number of aromatic carboxylic acids is 1. The van der Waals surface area contributed by atoms with Crippen LogP contribution >= 0.6 is 34.8 Å². The van der Waals surface area contributed by atoms with E-state index in [9.17, 15) is 19.1 Å². The zero-order valence-electron chi connectivity index (χ0n) is 15.4. The number of benzene rings is 2. The molecule has 0 aliphatic heterocycles. The lowest BCUT2D eigenvalue weighted by Crippen LogP contribution is -2.25. The predicted molar refractivity (Wildman–Crippen MR) is 114 cm³/mol. The third-order valence-electron chi connectivity index (χ3n) is 4.66. The van der Waals surface area contributed by atoms with Crippen LogP contribution in [0, 0.1) is 12.7 Å². The Balaban J connectivity index is 2.45. The van der Waals surface area contributed by atoms with Crippen LogP contribution in [0.4, 0.5) is 4.39 Å². The highest BCUT2D eigenvalue weighted by Gasteiger charge is 2.26. The maximum absolute atomic E-state index is 14.0. The molecular formula is C21H15Cl3FNO3. The van der Waals surface area contributed by atoms with E-state index in [1.165, 1.54) is 24.3 Å². The molecule has 3 aromatic rings. The Bertz CT molecular complexity index is 1200. The van der Waals surface area contributed by atoms with Gasteiger partial charge in [0.25, 0.3) is 0 Å². The molecule has 0 atom stereocenters. The van der Waals surface area contributed by atoms with Gasteiger partial charge < -0.3 is 9.67 Å². The van der Waals surface area contributed by atoms with Gasteiger partial charge in [0.1, 0.15) is 11.4 Å². The van der Waals surface area contributed by atoms with E-state index in [0.717, 1.165) is 6.07 Å². The van der Waals surface area contributed by atoms with Crippen molar-refractivity contribution in [1.82, 2.24) is 4.57 Å². The number of pyridine rings is 1. The van der Waals surface area contributed by atoms with Crippen LogP contribution in [-0.4, -0.2) is 15.6 Å². The topological polar surface area (TPSA) is 59.3 Å². The average molecular weight is 455 g/mol. The van der Waals surface area contributed by atoms with E-state index >= 15 is 0 Å². The summed E-state index contributed by atoms with van der Waals surface area (Å²) in [5.41, 5.74) is 0.337. The molecule has 150 valence electrons. The molecule has 2 aromatic carbocycles. The Hall–Kier alpha value is -2.34. The third kappa shape index (κ3) is 3.78. The number of aromatic nitrogens is 1. The number of carboxylic acids is 1. The van der Waals surface area contributed by atoms with Crippen LogP contribution in [0.3, 0.4) is 0 Å². The lowest BCUT2D eigenvalue weighted by atomic mass is 9.96. The number of hydrogen-bond acceptors (Lipinski definition) is 2. The summed E-state index contributed by atoms with van der Waals surface area (Å²) in [5.74, 6) is -2.09. The Morgan fingerprint density at radius 1 is 1.03 bits per heavy atom. The zero-order valence-corrected chi connectivity index (χ0v) is 17.7. The second kappa shape index (κ2) is 8.19. The standard InChI is InChI=1S/C21H15Cl3FNO3/c1-3-26-10(2)17(11-4-7-14(23)16(25)9-11)20(27)18(21(28)29)19(26)12-5-6-13(22)15(24)8-12/h4-9H,3H2,1-2H3,(H,28,29). The van der Waals surface area contributed by atoms with Crippen LogP contribution < -0.4 is 5.43 Å². The van der Waals surface area contributed by atoms with Gasteiger partial charge in [-0.3, -0.25) is 4.79 Å². The molecule has 0 aliphatic carbocycles. The minimum absolute atomic E-state index is 0.0897. The summed E-state index contributed by atoms with van der Waals surface area (Å²) in [6, 6.07) is 8.58. The largest absolute Gasteiger partial charge is 0.477 e. The molecule has 29 heavy (non-hydrogen) atoms. The fourth-order valence-corrected chi connectivity index (χ4v) is 3.78. The molecule has 0 saturated heterocycles. The molecular weight excluding hydrogens is 440 g/mol. The number of carbonyl (C=O) groups is 1. The zero-order chi connectivity index (χ0) is 21.5. The van der Waals surface area contributed by atoms with Crippen molar-refractivity contribution in [1.29, 1.82) is 0 Å². The van der Waals surface area contributed by atoms with Crippen molar-refractivity contribution in [2.45, 2.75) is 20.4 Å². The first-order valence-electron chi connectivity index (χ1n) is 8.58. The third-order valence-corrected chi connectivity index (χ3v) is 5.70. The highest BCUT2D eigenvalue weighted by atomic mass is 35.5. The molecule has 0 amide bonds. The summed E-state index contributed by atoms with van der Waals surface area (Å²) in [5, 5.41) is 10.3. The summed E-state index contributed by atoms with van der Waals surface area (Å²) in [6.07, 6.45) is 0. The summed E-state index contributed by atoms with van der Waals surface area (Å²) in [7, 11) is 0. The molecule has 0 spiro atoms. The predicted octanol–water partition coefficient (Wildman–Crippen LogP) is 6.31. The number of hydrogen-bond donors (Lipinski definition) is 1. The first-order chi connectivity index (χ1) is 13.7. The van der Waals surface area contributed by atoms with Crippen molar-refractivity contribution in [3.63, 3.8) is 0 Å². The van der Waals surface area contributed by atoms with Gasteiger partial charge in [-0.25, -0.2) is 9.18 Å². The molecule has 1 N–H and O–H groups in total. The molecule has 3 rings (SSSR count). The second-order valence-corrected chi connectivity index (χ2v) is 7.54. The minimum atomic E-state index is -1.39. The lowest BCUT2D eigenvalue weighted by molar-refractivity contribution is 0.0695. The van der Waals surface area contributed by atoms with E-state index in [1.54, 1.807) is 17.6 Å². The van der Waals surface area contributed by atoms with Crippen molar-refractivity contribution in [2.75, 3.05) is 0 Å². The van der Waals surface area contributed by atoms with Crippen molar-refractivity contribution >= 4 is 40.8 Å². The molecule has 0 bridgehead atoms. The summed E-state index contributed by atoms with van der Waals surface area (Å²) in [4.78, 5) is 25.3. The molecule has 0 aliphatic rings. The smallest absolute Gasteiger partial charge is 0.341 e. The van der Waals surface area contributed by atoms with Gasteiger partial charge >= 0.3 is 5.97 Å². The van der Waals surface area contributed by atoms with E-state index in [0.29, 0.717) is 22.8 Å². The molecule has 1 heterocycles. The van der Waals surface area contributed by atoms with Crippen molar-refractivity contribution in [2.24, 2.45) is 0 Å². The number of carboxylic acid groups (broad SMARTS) is 1. The Morgan fingerprint density at radius 3 is 2.21 bits per heavy atom. The van der Waals surface area contributed by atoms with Gasteiger partial charge in [-0.2, -0.15) is 0 Å². The van der Waals surface area contributed by atoms with E-state index in [2.05, 4.69) is 0 Å². The highest BCUT2D eigenvalue weighted by Crippen LogP contribution is 2.33. The first kappa shape index (κ1) is 21.4. The van der Waals surface area contributed by atoms with Crippen LogP contribution in [0.15, 0.2) is 41.2 Å². The van der Waals surface area contributed by atoms with Crippen molar-refractivity contribution < 1.29 is 14.3 Å². The van der Waals surface area contributed by atoms with Gasteiger partial charge in [-0.15, -0.1) is 0 Å². The van der Waals surface area contributed by atoms with Crippen LogP contribution in [0.5, 0.6) is 0 Å². The van der Waals surface area contributed by atoms with Gasteiger partial charge in [-0.05, 0) is 43.7 Å². The minimum Gasteiger partial charge on any atom is -0.477 e. The lowest BCUT2D eigenvalue weighted by Gasteiger charge is -2.21. The van der Waals surface area contributed by atoms with Crippen molar-refractivity contribution in [3.05, 3.63) is 78.8 Å². The van der Waals surface area contributed by atoms with Crippen LogP contribution in [0.1, 0.15) is 23.0 Å². The van der Waals surface area contributed by atoms with Crippen LogP contribution in [-0.2, 0) is 6.54 Å². The molecule has 4 nitrogen and oxygen atoms in total. The number of rotatable bonds is 4. The normalized spacial score (nSPS) is 11.0. The van der Waals surface area contributed by atoms with Gasteiger partial charge in [-0.1, -0.05) is 46.9 Å². The Morgan fingerprint density at radius 2 is 1.66 bits per heavy atom. The van der Waals surface area contributed by atoms with Gasteiger partial charge in [0.15, 0.2) is 0 Å². The summed E-state index contributed by atoms with van der Waals surface area (Å²) >= 11 is 17.8. The van der Waals surface area contributed by atoms with Crippen LogP contribution in [0.25, 0.3) is 22.4 Å². The van der Waals surface area contributed by atoms with Gasteiger partial charge in [0, 0.05) is 23.4 Å². The monoisotopic (exact) mass is 453 g/mol. The Labute approximate surface area is 181 Å². The average Bonchev–Trinajstić information content (AvgIpc) is 2.66. The van der Waals surface area contributed by atoms with E-state index in [1.807, 2.05) is 6.92 Å². The first-order valence-corrected chi connectivity index (χ1v) is 9.72. The fourth-order valence-electron chi connectivity index (χ4n) is 3.36. The van der Waals surface area contributed by atoms with E-state index in [-0.39, 0.29) is 26.9 Å². The summed E-state index contributed by atoms with van der Waals surface area (Å²) in [6.45, 7) is 3.86. The van der Waals surface area contributed by atoms with E-state index < -0.39 is 22.8 Å². The SMILES string of the molecule is CCn1c(C)c(-c2ccc(Cl)c(F)c2)c(=O)c(C(=O)O)c1-c1ccc(Cl)c(Cl)c1. The Kier molecular flexibility index (Phi) is 6.03. The maximum Gasteiger partial charge on any atom is 0.341 e.